The summed E-state index contributed by atoms with van der Waals surface area (Å²) in [4.78, 5) is 0. The van der Waals surface area contributed by atoms with Crippen LogP contribution >= 0.6 is 15.9 Å². The molecule has 0 amide bonds. The molecule has 0 radical (unpaired) electrons. The van der Waals surface area contributed by atoms with Crippen LogP contribution in [0, 0.1) is 5.82 Å². The summed E-state index contributed by atoms with van der Waals surface area (Å²) in [7, 11) is -2.12. The summed E-state index contributed by atoms with van der Waals surface area (Å²) in [6.07, 6.45) is 3.77. The van der Waals surface area contributed by atoms with Gasteiger partial charge in [0.05, 0.1) is 11.0 Å². The number of amidine groups is 1. The van der Waals surface area contributed by atoms with Gasteiger partial charge < -0.3 is 15.8 Å². The summed E-state index contributed by atoms with van der Waals surface area (Å²) in [6.45, 7) is 0.906. The molecule has 0 saturated carbocycles. The van der Waals surface area contributed by atoms with Crippen LogP contribution in [0.3, 0.4) is 0 Å². The molecule has 0 bridgehead atoms. The van der Waals surface area contributed by atoms with Gasteiger partial charge in [0.15, 0.2) is 5.69 Å². The summed E-state index contributed by atoms with van der Waals surface area (Å²) < 4.78 is 33.8. The molecule has 3 N–H and O–H groups in total. The largest absolute Gasteiger partial charge is 0.409 e. The van der Waals surface area contributed by atoms with Crippen molar-refractivity contribution in [3.8, 4) is 0 Å². The van der Waals surface area contributed by atoms with Crippen LogP contribution in [-0.2, 0) is 9.73 Å². The Morgan fingerprint density at radius 2 is 2.19 bits per heavy atom. The first kappa shape index (κ1) is 20.1. The van der Waals surface area contributed by atoms with Gasteiger partial charge in [-0.05, 0) is 50.9 Å². The van der Waals surface area contributed by atoms with E-state index in [1.165, 1.54) is 18.2 Å². The van der Waals surface area contributed by atoms with E-state index in [1.54, 1.807) is 12.5 Å². The van der Waals surface area contributed by atoms with E-state index in [0.717, 1.165) is 0 Å². The Morgan fingerprint density at radius 3 is 2.85 bits per heavy atom. The molecule has 1 aromatic heterocycles. The fourth-order valence-electron chi connectivity index (χ4n) is 1.87. The normalized spacial score (nSPS) is 12.1. The molecule has 12 heteroatoms. The second-order valence-corrected chi connectivity index (χ2v) is 8.95. The van der Waals surface area contributed by atoms with Gasteiger partial charge in [-0.3, -0.25) is 4.21 Å². The molecule has 0 aliphatic carbocycles. The van der Waals surface area contributed by atoms with Crippen LogP contribution in [0.1, 0.15) is 12.1 Å². The molecule has 0 unspecified atom stereocenters. The Kier molecular flexibility index (Phi) is 6.91. The van der Waals surface area contributed by atoms with Crippen LogP contribution in [0.15, 0.2) is 36.8 Å². The van der Waals surface area contributed by atoms with E-state index in [1.807, 2.05) is 0 Å². The van der Waals surface area contributed by atoms with Crippen LogP contribution < -0.4 is 10.6 Å². The van der Waals surface area contributed by atoms with E-state index in [9.17, 15) is 13.8 Å². The molecule has 1 heterocycles. The predicted molar refractivity (Wildman–Crippen MR) is 101 cm³/mol. The minimum atomic E-state index is -2.12. The molecule has 0 aliphatic rings. The molecule has 0 saturated heterocycles. The second-order valence-electron chi connectivity index (χ2n) is 5.48. The number of oxime groups is 1. The van der Waals surface area contributed by atoms with Crippen LogP contribution in [0.2, 0.25) is 0 Å². The lowest BCUT2D eigenvalue weighted by atomic mass is 10.3. The average Bonchev–Trinajstić information content (AvgIpc) is 3.03. The summed E-state index contributed by atoms with van der Waals surface area (Å²) in [5, 5.41) is 25.6. The van der Waals surface area contributed by atoms with Crippen molar-refractivity contribution in [3.63, 3.8) is 0 Å². The smallest absolute Gasteiger partial charge is 0.203 e. The molecular weight excluding hydrogens is 431 g/mol. The number of rotatable bonds is 7. The summed E-state index contributed by atoms with van der Waals surface area (Å²) in [5.74, 6) is -0.181. The summed E-state index contributed by atoms with van der Waals surface area (Å²) >= 11 is 3.08. The van der Waals surface area contributed by atoms with Crippen molar-refractivity contribution in [2.45, 2.75) is 6.42 Å². The topological polar surface area (TPSA) is 125 Å². The molecule has 26 heavy (non-hydrogen) atoms. The first-order valence-electron chi connectivity index (χ1n) is 7.44. The van der Waals surface area contributed by atoms with Crippen molar-refractivity contribution in [1.29, 1.82) is 0 Å². The van der Waals surface area contributed by atoms with E-state index < -0.39 is 15.5 Å². The molecule has 2 rings (SSSR count). The van der Waals surface area contributed by atoms with Crippen LogP contribution in [0.5, 0.6) is 0 Å². The van der Waals surface area contributed by atoms with E-state index in [2.05, 4.69) is 51.0 Å². The first-order chi connectivity index (χ1) is 12.3. The van der Waals surface area contributed by atoms with Gasteiger partial charge >= 0.3 is 0 Å². The molecule has 9 nitrogen and oxygen atoms in total. The van der Waals surface area contributed by atoms with E-state index in [0.29, 0.717) is 25.2 Å². The lowest BCUT2D eigenvalue weighted by Gasteiger charge is -2.08. The highest BCUT2D eigenvalue weighted by Crippen LogP contribution is 2.21. The fraction of sp³-hybridized carbons (Fsp3) is 0.357. The van der Waals surface area contributed by atoms with Gasteiger partial charge in [0, 0.05) is 34.5 Å². The standard InChI is InChI=1S/C14H18BrFN6O3S/c1-26(2,24)18-7-3-6-17-13-12(21-25-22-13)14(20-23)19-9-4-5-11(16)10(15)8-9/h4-5,8,23H,3,6-7H2,1-2H3,(H,17,22)(H,19,20). The molecule has 2 aromatic rings. The Hall–Kier alpha value is -2.21. The lowest BCUT2D eigenvalue weighted by molar-refractivity contribution is 0.305. The van der Waals surface area contributed by atoms with Crippen molar-refractivity contribution in [3.05, 3.63) is 34.2 Å². The Morgan fingerprint density at radius 1 is 1.42 bits per heavy atom. The lowest BCUT2D eigenvalue weighted by Crippen LogP contribution is -2.17. The monoisotopic (exact) mass is 448 g/mol. The number of benzene rings is 1. The number of nitrogens with zero attached hydrogens (tertiary/aromatic N) is 4. The van der Waals surface area contributed by atoms with Gasteiger partial charge in [-0.15, -0.1) is 0 Å². The van der Waals surface area contributed by atoms with Gasteiger partial charge in [0.1, 0.15) is 5.82 Å². The third kappa shape index (κ3) is 5.95. The molecule has 0 spiro atoms. The number of hydrogen-bond acceptors (Lipinski definition) is 8. The van der Waals surface area contributed by atoms with Gasteiger partial charge in [-0.2, -0.15) is 0 Å². The number of anilines is 2. The van der Waals surface area contributed by atoms with E-state index in [4.69, 9.17) is 0 Å². The van der Waals surface area contributed by atoms with Gasteiger partial charge in [-0.25, -0.2) is 13.4 Å². The minimum absolute atomic E-state index is 0.0259. The zero-order valence-electron chi connectivity index (χ0n) is 14.1. The van der Waals surface area contributed by atoms with Gasteiger partial charge in [0.2, 0.25) is 11.7 Å². The van der Waals surface area contributed by atoms with Crippen molar-refractivity contribution in [1.82, 2.24) is 10.3 Å². The second kappa shape index (κ2) is 8.94. The maximum Gasteiger partial charge on any atom is 0.203 e. The Labute approximate surface area is 158 Å². The zero-order valence-corrected chi connectivity index (χ0v) is 16.5. The SMILES string of the molecule is CS(C)(=O)=NCCCNc1nonc1C(=NO)Nc1ccc(F)c(Br)c1. The van der Waals surface area contributed by atoms with Crippen molar-refractivity contribution in [2.24, 2.45) is 9.52 Å². The van der Waals surface area contributed by atoms with Gasteiger partial charge in [0.25, 0.3) is 0 Å². The van der Waals surface area contributed by atoms with E-state index in [-0.39, 0.29) is 21.8 Å². The third-order valence-corrected chi connectivity index (χ3v) is 4.44. The number of hydrogen-bond donors (Lipinski definition) is 3. The highest BCUT2D eigenvalue weighted by Gasteiger charge is 2.17. The molecule has 0 atom stereocenters. The van der Waals surface area contributed by atoms with E-state index >= 15 is 0 Å². The molecule has 142 valence electrons. The molecular formula is C14H18BrFN6O3S. The Bertz CT molecular complexity index is 902. The summed E-state index contributed by atoms with van der Waals surface area (Å²) in [6, 6.07) is 4.21. The zero-order chi connectivity index (χ0) is 19.2. The maximum atomic E-state index is 13.3. The predicted octanol–water partition coefficient (Wildman–Crippen LogP) is 2.75. The molecule has 0 fully saturated rings. The molecule has 1 aromatic carbocycles. The Balaban J connectivity index is 2.02. The van der Waals surface area contributed by atoms with Crippen LogP contribution in [0.25, 0.3) is 0 Å². The maximum absolute atomic E-state index is 13.3. The van der Waals surface area contributed by atoms with Crippen LogP contribution in [-0.4, -0.2) is 51.2 Å². The minimum Gasteiger partial charge on any atom is -0.409 e. The number of halogens is 2. The average molecular weight is 449 g/mol. The summed E-state index contributed by atoms with van der Waals surface area (Å²) in [5.41, 5.74) is 0.624. The van der Waals surface area contributed by atoms with Crippen molar-refractivity contribution in [2.75, 3.05) is 36.2 Å². The number of nitrogens with one attached hydrogen (secondary N) is 2. The first-order valence-corrected chi connectivity index (χ1v) is 10.6. The molecule has 0 aliphatic heterocycles. The fourth-order valence-corrected chi connectivity index (χ4v) is 2.82. The highest BCUT2D eigenvalue weighted by atomic mass is 79.9. The third-order valence-electron chi connectivity index (χ3n) is 3.02. The van der Waals surface area contributed by atoms with Crippen LogP contribution in [0.4, 0.5) is 15.9 Å². The van der Waals surface area contributed by atoms with Gasteiger partial charge in [-0.1, -0.05) is 5.16 Å². The highest BCUT2D eigenvalue weighted by molar-refractivity contribution is 9.10. The van der Waals surface area contributed by atoms with Crippen molar-refractivity contribution < 1.29 is 18.4 Å². The van der Waals surface area contributed by atoms with Crippen molar-refractivity contribution >= 4 is 43.0 Å². The number of aromatic nitrogens is 2. The quantitative estimate of drug-likeness (QED) is 0.195.